The molecule has 25 heavy (non-hydrogen) atoms. The lowest BCUT2D eigenvalue weighted by molar-refractivity contribution is -0.130. The fraction of sp³-hybridized carbons (Fsp3) is 0.400. The smallest absolute Gasteiger partial charge is 0.239 e. The van der Waals surface area contributed by atoms with Crippen LogP contribution in [0.2, 0.25) is 0 Å². The van der Waals surface area contributed by atoms with E-state index in [4.69, 9.17) is 10.2 Å². The van der Waals surface area contributed by atoms with Gasteiger partial charge in [-0.25, -0.2) is 4.99 Å². The maximum atomic E-state index is 13.1. The molecule has 0 aliphatic carbocycles. The van der Waals surface area contributed by atoms with Crippen LogP contribution in [0.5, 0.6) is 0 Å². The van der Waals surface area contributed by atoms with Crippen molar-refractivity contribution in [1.82, 2.24) is 4.90 Å². The molecule has 0 radical (unpaired) electrons. The minimum atomic E-state index is -0.875. The zero-order chi connectivity index (χ0) is 18.4. The lowest BCUT2D eigenvalue weighted by atomic mass is 9.76. The molecule has 0 bridgehead atoms. The first-order chi connectivity index (χ1) is 11.6. The van der Waals surface area contributed by atoms with Crippen LogP contribution in [0.25, 0.3) is 0 Å². The van der Waals surface area contributed by atoms with E-state index < -0.39 is 11.5 Å². The molecule has 0 fully saturated rings. The number of carbonyl (C=O) groups is 1. The maximum absolute atomic E-state index is 13.1. The van der Waals surface area contributed by atoms with Crippen molar-refractivity contribution in [2.75, 3.05) is 7.05 Å². The summed E-state index contributed by atoms with van der Waals surface area (Å²) in [6.45, 7) is 8.39. The van der Waals surface area contributed by atoms with Crippen molar-refractivity contribution in [3.05, 3.63) is 59.5 Å². The van der Waals surface area contributed by atoms with E-state index in [1.165, 1.54) is 10.5 Å². The maximum Gasteiger partial charge on any atom is 0.239 e. The molecule has 2 N–H and O–H groups in total. The molecule has 0 unspecified atom stereocenters. The second-order valence-corrected chi connectivity index (χ2v) is 7.80. The number of rotatable bonds is 2. The molecule has 2 atom stereocenters. The summed E-state index contributed by atoms with van der Waals surface area (Å²) in [6.07, 6.45) is 1.59. The molecule has 1 amide bonds. The van der Waals surface area contributed by atoms with Crippen molar-refractivity contribution in [2.24, 2.45) is 10.7 Å². The minimum Gasteiger partial charge on any atom is -0.467 e. The molecule has 2 heterocycles. The Hall–Kier alpha value is -2.56. The molecule has 1 aromatic carbocycles. The van der Waals surface area contributed by atoms with E-state index in [2.05, 4.69) is 37.9 Å². The van der Waals surface area contributed by atoms with Crippen LogP contribution in [0, 0.1) is 0 Å². The summed E-state index contributed by atoms with van der Waals surface area (Å²) in [4.78, 5) is 19.1. The predicted octanol–water partition coefficient (Wildman–Crippen LogP) is 3.36. The molecule has 5 heteroatoms. The van der Waals surface area contributed by atoms with Gasteiger partial charge in [0.05, 0.1) is 12.2 Å². The summed E-state index contributed by atoms with van der Waals surface area (Å²) < 4.78 is 5.60. The largest absolute Gasteiger partial charge is 0.467 e. The van der Waals surface area contributed by atoms with E-state index in [0.717, 1.165) is 5.56 Å². The quantitative estimate of drug-likeness (QED) is 0.912. The molecule has 5 nitrogen and oxygen atoms in total. The number of nitrogens with zero attached hydrogens (tertiary/aromatic N) is 2. The molecule has 0 saturated carbocycles. The van der Waals surface area contributed by atoms with Gasteiger partial charge in [-0.2, -0.15) is 0 Å². The fourth-order valence-corrected chi connectivity index (χ4v) is 3.33. The monoisotopic (exact) mass is 339 g/mol. The number of benzene rings is 1. The van der Waals surface area contributed by atoms with Crippen LogP contribution in [-0.4, -0.2) is 23.8 Å². The number of aliphatic imine (C=N–C) groups is 1. The van der Waals surface area contributed by atoms with Gasteiger partial charge in [0.1, 0.15) is 11.3 Å². The number of likely N-dealkylation sites (N-methyl/N-ethyl adjacent to an activating group) is 1. The molecule has 2 aromatic rings. The Morgan fingerprint density at radius 2 is 1.84 bits per heavy atom. The van der Waals surface area contributed by atoms with Crippen LogP contribution in [0.15, 0.2) is 52.1 Å². The second kappa shape index (κ2) is 5.76. The summed E-state index contributed by atoms with van der Waals surface area (Å²) in [5.41, 5.74) is 7.29. The Balaban J connectivity index is 2.12. The zero-order valence-corrected chi connectivity index (χ0v) is 15.4. The minimum absolute atomic E-state index is 0.0544. The van der Waals surface area contributed by atoms with Gasteiger partial charge in [-0.05, 0) is 35.6 Å². The number of carbonyl (C=O) groups excluding carboxylic acids is 1. The molecule has 132 valence electrons. The molecular weight excluding hydrogens is 314 g/mol. The van der Waals surface area contributed by atoms with E-state index in [-0.39, 0.29) is 17.3 Å². The standard InChI is InChI=1S/C20H25N3O2/c1-19(2,3)14-10-8-13(9-11-14)16-17(24)23(5)18(21)22-20(16,4)15-7-6-12-25-15/h6-12,16H,1-5H3,(H2,21,22)/t16-,20+/m0/s1. The number of furan rings is 1. The van der Waals surface area contributed by atoms with Crippen molar-refractivity contribution in [2.45, 2.75) is 44.6 Å². The Bertz CT molecular complexity index is 800. The summed E-state index contributed by atoms with van der Waals surface area (Å²) >= 11 is 0. The molecule has 1 aliphatic rings. The number of guanidine groups is 1. The van der Waals surface area contributed by atoms with Gasteiger partial charge in [0.25, 0.3) is 0 Å². The summed E-state index contributed by atoms with van der Waals surface area (Å²) in [5.74, 6) is 0.244. The van der Waals surface area contributed by atoms with Crippen molar-refractivity contribution in [3.8, 4) is 0 Å². The number of amides is 1. The van der Waals surface area contributed by atoms with Crippen LogP contribution < -0.4 is 5.73 Å². The molecule has 0 saturated heterocycles. The number of hydrogen-bond acceptors (Lipinski definition) is 4. The van der Waals surface area contributed by atoms with Gasteiger partial charge >= 0.3 is 0 Å². The highest BCUT2D eigenvalue weighted by molar-refractivity contribution is 6.02. The lowest BCUT2D eigenvalue weighted by Gasteiger charge is -2.39. The summed E-state index contributed by atoms with van der Waals surface area (Å²) in [5, 5.41) is 0. The van der Waals surface area contributed by atoms with Crippen LogP contribution in [0.3, 0.4) is 0 Å². The zero-order valence-electron chi connectivity index (χ0n) is 15.4. The molecule has 3 rings (SSSR count). The molecule has 1 aromatic heterocycles. The average Bonchev–Trinajstić information content (AvgIpc) is 3.08. The summed E-state index contributed by atoms with van der Waals surface area (Å²) in [6, 6.07) is 11.8. The number of hydrogen-bond donors (Lipinski definition) is 1. The van der Waals surface area contributed by atoms with Crippen LogP contribution in [0.4, 0.5) is 0 Å². The van der Waals surface area contributed by atoms with Crippen LogP contribution >= 0.6 is 0 Å². The number of nitrogens with two attached hydrogens (primary N) is 1. The Morgan fingerprint density at radius 1 is 1.20 bits per heavy atom. The van der Waals surface area contributed by atoms with Gasteiger partial charge in [0, 0.05) is 7.05 Å². The van der Waals surface area contributed by atoms with Crippen molar-refractivity contribution >= 4 is 11.9 Å². The van der Waals surface area contributed by atoms with Crippen molar-refractivity contribution in [1.29, 1.82) is 0 Å². The predicted molar refractivity (Wildman–Crippen MR) is 98.3 cm³/mol. The summed E-state index contributed by atoms with van der Waals surface area (Å²) in [7, 11) is 1.65. The Labute approximate surface area is 148 Å². The topological polar surface area (TPSA) is 71.8 Å². The van der Waals surface area contributed by atoms with Gasteiger partial charge in [0.15, 0.2) is 5.96 Å². The first kappa shape index (κ1) is 17.3. The lowest BCUT2D eigenvalue weighted by Crippen LogP contribution is -2.52. The van der Waals surface area contributed by atoms with Crippen LogP contribution in [0.1, 0.15) is 50.5 Å². The molecule has 0 spiro atoms. The highest BCUT2D eigenvalue weighted by atomic mass is 16.3. The third-order valence-electron chi connectivity index (χ3n) is 4.96. The fourth-order valence-electron chi connectivity index (χ4n) is 3.33. The third-order valence-corrected chi connectivity index (χ3v) is 4.96. The first-order valence-electron chi connectivity index (χ1n) is 8.42. The van der Waals surface area contributed by atoms with Gasteiger partial charge in [-0.3, -0.25) is 9.69 Å². The third kappa shape index (κ3) is 2.84. The Morgan fingerprint density at radius 3 is 2.36 bits per heavy atom. The van der Waals surface area contributed by atoms with Crippen LogP contribution in [-0.2, 0) is 15.7 Å². The first-order valence-corrected chi connectivity index (χ1v) is 8.42. The van der Waals surface area contributed by atoms with E-state index in [1.807, 2.05) is 25.1 Å². The van der Waals surface area contributed by atoms with E-state index in [1.54, 1.807) is 19.4 Å². The van der Waals surface area contributed by atoms with E-state index in [9.17, 15) is 4.79 Å². The van der Waals surface area contributed by atoms with Gasteiger partial charge in [-0.15, -0.1) is 0 Å². The van der Waals surface area contributed by atoms with Crippen molar-refractivity contribution < 1.29 is 9.21 Å². The van der Waals surface area contributed by atoms with Crippen molar-refractivity contribution in [3.63, 3.8) is 0 Å². The van der Waals surface area contributed by atoms with Gasteiger partial charge < -0.3 is 10.2 Å². The Kier molecular flexibility index (Phi) is 3.98. The average molecular weight is 339 g/mol. The van der Waals surface area contributed by atoms with E-state index in [0.29, 0.717) is 5.76 Å². The van der Waals surface area contributed by atoms with E-state index >= 15 is 0 Å². The van der Waals surface area contributed by atoms with Gasteiger partial charge in [-0.1, -0.05) is 45.0 Å². The highest BCUT2D eigenvalue weighted by Crippen LogP contribution is 2.44. The SMILES string of the molecule is CN1C(=O)[C@H](c2ccc(C(C)(C)C)cc2)[C@@](C)(c2ccco2)N=C1N. The molecular formula is C20H25N3O2. The highest BCUT2D eigenvalue weighted by Gasteiger charge is 2.48. The van der Waals surface area contributed by atoms with Gasteiger partial charge in [0.2, 0.25) is 5.91 Å². The second-order valence-electron chi connectivity index (χ2n) is 7.80. The molecule has 1 aliphatic heterocycles. The normalized spacial score (nSPS) is 24.4.